The number of carbonyl (C=O) groups excluding carboxylic acids is 1. The van der Waals surface area contributed by atoms with Gasteiger partial charge < -0.3 is 11.1 Å². The van der Waals surface area contributed by atoms with Crippen molar-refractivity contribution in [3.63, 3.8) is 0 Å². The molecule has 0 unspecified atom stereocenters. The Kier molecular flexibility index (Phi) is 5.41. The van der Waals surface area contributed by atoms with E-state index in [1.165, 1.54) is 0 Å². The summed E-state index contributed by atoms with van der Waals surface area (Å²) < 4.78 is 1.14. The molecule has 0 aliphatic carbocycles. The molecule has 5 heteroatoms. The zero-order valence-electron chi connectivity index (χ0n) is 9.31. The second-order valence-corrected chi connectivity index (χ2v) is 4.45. The molecule has 1 aromatic heterocycles. The normalized spacial score (nSPS) is 9.94. The van der Waals surface area contributed by atoms with E-state index in [9.17, 15) is 4.79 Å². The second-order valence-electron chi connectivity index (χ2n) is 3.54. The standard InChI is InChI=1S/C12H14N2OS.ClH/c13-6-3-7-14-12(15)10-8-16-11-5-2-1-4-9(10)11;/h1-2,4-5,8H,3,6-7,13H2,(H,14,15);1H. The molecule has 0 saturated heterocycles. The molecule has 0 saturated carbocycles. The highest BCUT2D eigenvalue weighted by Gasteiger charge is 2.10. The second kappa shape index (κ2) is 6.59. The van der Waals surface area contributed by atoms with Crippen molar-refractivity contribution >= 4 is 39.7 Å². The monoisotopic (exact) mass is 270 g/mol. The molecule has 3 nitrogen and oxygen atoms in total. The van der Waals surface area contributed by atoms with E-state index < -0.39 is 0 Å². The maximum Gasteiger partial charge on any atom is 0.252 e. The Morgan fingerprint density at radius 2 is 2.12 bits per heavy atom. The quantitative estimate of drug-likeness (QED) is 0.839. The Morgan fingerprint density at radius 1 is 1.35 bits per heavy atom. The number of nitrogens with one attached hydrogen (secondary N) is 1. The fourth-order valence-electron chi connectivity index (χ4n) is 1.55. The minimum absolute atomic E-state index is 0. The fraction of sp³-hybridized carbons (Fsp3) is 0.250. The number of hydrogen-bond donors (Lipinski definition) is 2. The first-order valence-electron chi connectivity index (χ1n) is 5.27. The van der Waals surface area contributed by atoms with Crippen LogP contribution in [-0.2, 0) is 0 Å². The van der Waals surface area contributed by atoms with Crippen LogP contribution >= 0.6 is 23.7 Å². The summed E-state index contributed by atoms with van der Waals surface area (Å²) in [6, 6.07) is 7.93. The average molecular weight is 271 g/mol. The first-order chi connectivity index (χ1) is 7.83. The summed E-state index contributed by atoms with van der Waals surface area (Å²) in [5.41, 5.74) is 6.14. The molecule has 0 radical (unpaired) electrons. The molecule has 2 aromatic rings. The van der Waals surface area contributed by atoms with E-state index in [-0.39, 0.29) is 18.3 Å². The molecule has 3 N–H and O–H groups in total. The van der Waals surface area contributed by atoms with Crippen molar-refractivity contribution in [1.29, 1.82) is 0 Å². The molecule has 92 valence electrons. The number of benzene rings is 1. The van der Waals surface area contributed by atoms with Gasteiger partial charge >= 0.3 is 0 Å². The Bertz CT molecular complexity index is 498. The van der Waals surface area contributed by atoms with Gasteiger partial charge in [0.05, 0.1) is 5.56 Å². The number of halogens is 1. The highest BCUT2D eigenvalue weighted by atomic mass is 35.5. The third-order valence-corrected chi connectivity index (χ3v) is 3.36. The molecule has 2 rings (SSSR count). The molecule has 0 bridgehead atoms. The molecule has 1 heterocycles. The minimum atomic E-state index is -0.00843. The van der Waals surface area contributed by atoms with Crippen LogP contribution in [0, 0.1) is 0 Å². The number of hydrogen-bond acceptors (Lipinski definition) is 3. The van der Waals surface area contributed by atoms with Crippen LogP contribution in [0.15, 0.2) is 29.6 Å². The molecule has 0 aliphatic heterocycles. The van der Waals surface area contributed by atoms with E-state index in [1.54, 1.807) is 11.3 Å². The third kappa shape index (κ3) is 3.19. The SMILES string of the molecule is Cl.NCCCNC(=O)c1csc2ccccc12. The van der Waals surface area contributed by atoms with E-state index in [0.29, 0.717) is 13.1 Å². The molecule has 0 atom stereocenters. The van der Waals surface area contributed by atoms with Crippen molar-refractivity contribution in [2.75, 3.05) is 13.1 Å². The summed E-state index contributed by atoms with van der Waals surface area (Å²) in [5.74, 6) is -0.00843. The largest absolute Gasteiger partial charge is 0.352 e. The molecule has 1 amide bonds. The van der Waals surface area contributed by atoms with Gasteiger partial charge in [0.15, 0.2) is 0 Å². The average Bonchev–Trinajstić information content (AvgIpc) is 2.73. The number of rotatable bonds is 4. The first-order valence-corrected chi connectivity index (χ1v) is 6.15. The zero-order valence-corrected chi connectivity index (χ0v) is 10.9. The van der Waals surface area contributed by atoms with Gasteiger partial charge in [-0.2, -0.15) is 0 Å². The predicted molar refractivity (Wildman–Crippen MR) is 75.1 cm³/mol. The number of thiophene rings is 1. The fourth-order valence-corrected chi connectivity index (χ4v) is 2.49. The van der Waals surface area contributed by atoms with Crippen molar-refractivity contribution in [3.05, 3.63) is 35.2 Å². The van der Waals surface area contributed by atoms with Gasteiger partial charge in [0.1, 0.15) is 0 Å². The van der Waals surface area contributed by atoms with Gasteiger partial charge in [-0.25, -0.2) is 0 Å². The Morgan fingerprint density at radius 3 is 2.88 bits per heavy atom. The van der Waals surface area contributed by atoms with Crippen molar-refractivity contribution < 1.29 is 4.79 Å². The van der Waals surface area contributed by atoms with Crippen molar-refractivity contribution in [1.82, 2.24) is 5.32 Å². The summed E-state index contributed by atoms with van der Waals surface area (Å²) in [6.45, 7) is 1.24. The van der Waals surface area contributed by atoms with E-state index in [4.69, 9.17) is 5.73 Å². The molecule has 17 heavy (non-hydrogen) atoms. The smallest absolute Gasteiger partial charge is 0.252 e. The molecule has 0 spiro atoms. The minimum Gasteiger partial charge on any atom is -0.352 e. The summed E-state index contributed by atoms with van der Waals surface area (Å²) in [7, 11) is 0. The molecular formula is C12H15ClN2OS. The zero-order chi connectivity index (χ0) is 11.4. The maximum absolute atomic E-state index is 11.8. The van der Waals surface area contributed by atoms with Gasteiger partial charge in [-0.1, -0.05) is 18.2 Å². The van der Waals surface area contributed by atoms with Gasteiger partial charge in [-0.15, -0.1) is 23.7 Å². The highest BCUT2D eigenvalue weighted by molar-refractivity contribution is 7.17. The van der Waals surface area contributed by atoms with E-state index in [1.807, 2.05) is 29.6 Å². The van der Waals surface area contributed by atoms with Gasteiger partial charge in [0.25, 0.3) is 5.91 Å². The van der Waals surface area contributed by atoms with Crippen LogP contribution in [-0.4, -0.2) is 19.0 Å². The topological polar surface area (TPSA) is 55.1 Å². The van der Waals surface area contributed by atoms with Crippen molar-refractivity contribution in [3.8, 4) is 0 Å². The van der Waals surface area contributed by atoms with Crippen LogP contribution in [0.4, 0.5) is 0 Å². The molecule has 1 aromatic carbocycles. The van der Waals surface area contributed by atoms with E-state index >= 15 is 0 Å². The summed E-state index contributed by atoms with van der Waals surface area (Å²) >= 11 is 1.60. The van der Waals surface area contributed by atoms with Gasteiger partial charge in [-0.05, 0) is 19.0 Å². The Balaban J connectivity index is 0.00000144. The predicted octanol–water partition coefficient (Wildman–Crippen LogP) is 2.40. The van der Waals surface area contributed by atoms with Crippen molar-refractivity contribution in [2.24, 2.45) is 5.73 Å². The van der Waals surface area contributed by atoms with Gasteiger partial charge in [0, 0.05) is 22.0 Å². The van der Waals surface area contributed by atoms with E-state index in [0.717, 1.165) is 22.1 Å². The Labute approximate surface area is 110 Å². The highest BCUT2D eigenvalue weighted by Crippen LogP contribution is 2.25. The first kappa shape index (κ1) is 14.0. The lowest BCUT2D eigenvalue weighted by Crippen LogP contribution is -2.25. The summed E-state index contributed by atoms with van der Waals surface area (Å²) in [5, 5.41) is 5.80. The van der Waals surface area contributed by atoms with E-state index in [2.05, 4.69) is 5.32 Å². The van der Waals surface area contributed by atoms with Gasteiger partial charge in [0.2, 0.25) is 0 Å². The lowest BCUT2D eigenvalue weighted by Gasteiger charge is -2.02. The van der Waals surface area contributed by atoms with Crippen molar-refractivity contribution in [2.45, 2.75) is 6.42 Å². The van der Waals surface area contributed by atoms with Gasteiger partial charge in [-0.3, -0.25) is 4.79 Å². The van der Waals surface area contributed by atoms with Crippen LogP contribution < -0.4 is 11.1 Å². The Hall–Kier alpha value is -1.10. The van der Waals surface area contributed by atoms with Crippen LogP contribution in [0.1, 0.15) is 16.8 Å². The van der Waals surface area contributed by atoms with Crippen LogP contribution in [0.5, 0.6) is 0 Å². The molecule has 0 aliphatic rings. The third-order valence-electron chi connectivity index (χ3n) is 2.39. The summed E-state index contributed by atoms with van der Waals surface area (Å²) in [4.78, 5) is 11.8. The lowest BCUT2D eigenvalue weighted by atomic mass is 10.1. The number of nitrogens with two attached hydrogens (primary N) is 1. The van der Waals surface area contributed by atoms with Crippen LogP contribution in [0.25, 0.3) is 10.1 Å². The molecule has 0 fully saturated rings. The number of fused-ring (bicyclic) bond motifs is 1. The number of amides is 1. The number of carbonyl (C=O) groups is 1. The van der Waals surface area contributed by atoms with Crippen LogP contribution in [0.2, 0.25) is 0 Å². The lowest BCUT2D eigenvalue weighted by molar-refractivity contribution is 0.0955. The maximum atomic E-state index is 11.8. The summed E-state index contributed by atoms with van der Waals surface area (Å²) in [6.07, 6.45) is 0.813. The molecular weight excluding hydrogens is 256 g/mol. The van der Waals surface area contributed by atoms with Crippen LogP contribution in [0.3, 0.4) is 0 Å².